The standard InChI is InChI=1S/C16H17NO3/c1-10-9-13(18)15-14(17(10)3)11(2)19-16(20-15)12-7-5-4-6-8-12/h4-9,11,16H,1-3H3/t11-,16-/m0/s1. The molecule has 1 aromatic heterocycles. The van der Waals surface area contributed by atoms with Crippen molar-refractivity contribution in [2.45, 2.75) is 26.2 Å². The molecule has 0 bridgehead atoms. The van der Waals surface area contributed by atoms with Crippen molar-refractivity contribution in [2.75, 3.05) is 0 Å². The maximum absolute atomic E-state index is 12.2. The number of hydrogen-bond donors (Lipinski definition) is 0. The first-order valence-corrected chi connectivity index (χ1v) is 6.65. The van der Waals surface area contributed by atoms with E-state index in [0.29, 0.717) is 5.75 Å². The monoisotopic (exact) mass is 271 g/mol. The van der Waals surface area contributed by atoms with Gasteiger partial charge < -0.3 is 14.0 Å². The van der Waals surface area contributed by atoms with Gasteiger partial charge in [0.15, 0.2) is 5.75 Å². The largest absolute Gasteiger partial charge is 0.455 e. The van der Waals surface area contributed by atoms with Crippen LogP contribution in [-0.2, 0) is 11.8 Å². The van der Waals surface area contributed by atoms with Gasteiger partial charge in [0.2, 0.25) is 11.7 Å². The molecule has 104 valence electrons. The minimum atomic E-state index is -0.533. The van der Waals surface area contributed by atoms with E-state index in [1.165, 1.54) is 0 Å². The fraction of sp³-hybridized carbons (Fsp3) is 0.312. The van der Waals surface area contributed by atoms with E-state index < -0.39 is 6.29 Å². The molecule has 0 amide bonds. The Morgan fingerprint density at radius 2 is 1.90 bits per heavy atom. The smallest absolute Gasteiger partial charge is 0.227 e. The third kappa shape index (κ3) is 2.02. The van der Waals surface area contributed by atoms with E-state index >= 15 is 0 Å². The molecule has 2 heterocycles. The second-order valence-corrected chi connectivity index (χ2v) is 5.06. The Bertz CT molecular complexity index is 691. The molecular weight excluding hydrogens is 254 g/mol. The summed E-state index contributed by atoms with van der Waals surface area (Å²) in [4.78, 5) is 12.2. The highest BCUT2D eigenvalue weighted by Gasteiger charge is 2.31. The van der Waals surface area contributed by atoms with Gasteiger partial charge in [-0.2, -0.15) is 0 Å². The third-order valence-electron chi connectivity index (χ3n) is 3.70. The summed E-state index contributed by atoms with van der Waals surface area (Å²) in [7, 11) is 1.92. The zero-order valence-corrected chi connectivity index (χ0v) is 11.8. The lowest BCUT2D eigenvalue weighted by Crippen LogP contribution is -2.28. The number of aryl methyl sites for hydroxylation is 1. The molecule has 4 heteroatoms. The normalized spacial score (nSPS) is 21.1. The molecular formula is C16H17NO3. The van der Waals surface area contributed by atoms with E-state index in [-0.39, 0.29) is 11.5 Å². The highest BCUT2D eigenvalue weighted by Crippen LogP contribution is 2.37. The third-order valence-corrected chi connectivity index (χ3v) is 3.70. The zero-order chi connectivity index (χ0) is 14.3. The van der Waals surface area contributed by atoms with Crippen molar-refractivity contribution >= 4 is 0 Å². The fourth-order valence-corrected chi connectivity index (χ4v) is 2.54. The molecule has 20 heavy (non-hydrogen) atoms. The van der Waals surface area contributed by atoms with Crippen molar-refractivity contribution in [1.29, 1.82) is 0 Å². The lowest BCUT2D eigenvalue weighted by Gasteiger charge is -2.32. The van der Waals surface area contributed by atoms with E-state index in [2.05, 4.69) is 0 Å². The molecule has 1 aliphatic heterocycles. The number of ether oxygens (including phenoxy) is 2. The number of fused-ring (bicyclic) bond motifs is 1. The van der Waals surface area contributed by atoms with Crippen LogP contribution in [0.2, 0.25) is 0 Å². The van der Waals surface area contributed by atoms with Crippen LogP contribution in [0.15, 0.2) is 41.2 Å². The number of hydrogen-bond acceptors (Lipinski definition) is 3. The van der Waals surface area contributed by atoms with Crippen molar-refractivity contribution in [3.63, 3.8) is 0 Å². The minimum Gasteiger partial charge on any atom is -0.455 e. The maximum Gasteiger partial charge on any atom is 0.227 e. The molecule has 1 aromatic carbocycles. The Morgan fingerprint density at radius 3 is 2.60 bits per heavy atom. The van der Waals surface area contributed by atoms with Crippen molar-refractivity contribution in [1.82, 2.24) is 4.57 Å². The average Bonchev–Trinajstić information content (AvgIpc) is 2.45. The van der Waals surface area contributed by atoms with Gasteiger partial charge in [-0.05, 0) is 13.8 Å². The zero-order valence-electron chi connectivity index (χ0n) is 11.8. The highest BCUT2D eigenvalue weighted by atomic mass is 16.7. The number of nitrogens with zero attached hydrogens (tertiary/aromatic N) is 1. The average molecular weight is 271 g/mol. The van der Waals surface area contributed by atoms with Crippen LogP contribution in [0.5, 0.6) is 5.75 Å². The number of pyridine rings is 1. The molecule has 2 atom stereocenters. The first kappa shape index (κ1) is 12.9. The number of rotatable bonds is 1. The topological polar surface area (TPSA) is 40.5 Å². The summed E-state index contributed by atoms with van der Waals surface area (Å²) in [5, 5.41) is 0. The summed E-state index contributed by atoms with van der Waals surface area (Å²) in [5.74, 6) is 0.394. The molecule has 1 aliphatic rings. The quantitative estimate of drug-likeness (QED) is 0.800. The van der Waals surface area contributed by atoms with Crippen LogP contribution in [0.3, 0.4) is 0 Å². The Morgan fingerprint density at radius 1 is 1.20 bits per heavy atom. The number of benzene rings is 1. The Balaban J connectivity index is 2.08. The molecule has 3 rings (SSSR count). The van der Waals surface area contributed by atoms with Crippen LogP contribution in [-0.4, -0.2) is 4.57 Å². The van der Waals surface area contributed by atoms with Crippen molar-refractivity contribution in [3.8, 4) is 5.75 Å². The molecule has 0 saturated heterocycles. The highest BCUT2D eigenvalue weighted by molar-refractivity contribution is 5.34. The van der Waals surface area contributed by atoms with Gasteiger partial charge in [-0.3, -0.25) is 4.79 Å². The molecule has 0 N–H and O–H groups in total. The molecule has 0 spiro atoms. The first-order valence-electron chi connectivity index (χ1n) is 6.65. The lowest BCUT2D eigenvalue weighted by molar-refractivity contribution is -0.142. The second kappa shape index (κ2) is 4.80. The summed E-state index contributed by atoms with van der Waals surface area (Å²) in [5.41, 5.74) is 2.51. The maximum atomic E-state index is 12.2. The summed E-state index contributed by atoms with van der Waals surface area (Å²) < 4.78 is 13.7. The summed E-state index contributed by atoms with van der Waals surface area (Å²) in [6, 6.07) is 11.2. The Labute approximate surface area is 117 Å². The van der Waals surface area contributed by atoms with Gasteiger partial charge >= 0.3 is 0 Å². The number of aromatic nitrogens is 1. The van der Waals surface area contributed by atoms with Gasteiger partial charge in [0.25, 0.3) is 0 Å². The van der Waals surface area contributed by atoms with E-state index in [1.54, 1.807) is 6.07 Å². The van der Waals surface area contributed by atoms with Crippen LogP contribution in [0.4, 0.5) is 0 Å². The van der Waals surface area contributed by atoms with Crippen LogP contribution < -0.4 is 10.2 Å². The van der Waals surface area contributed by atoms with Crippen molar-refractivity contribution < 1.29 is 9.47 Å². The SMILES string of the molecule is Cc1cc(=O)c2c(n1C)[C@H](C)O[C@H](c1ccccc1)O2. The summed E-state index contributed by atoms with van der Waals surface area (Å²) in [6.45, 7) is 3.84. The van der Waals surface area contributed by atoms with Crippen LogP contribution in [0.25, 0.3) is 0 Å². The van der Waals surface area contributed by atoms with Gasteiger partial charge in [0, 0.05) is 24.4 Å². The molecule has 0 fully saturated rings. The molecule has 0 saturated carbocycles. The second-order valence-electron chi connectivity index (χ2n) is 5.06. The molecule has 4 nitrogen and oxygen atoms in total. The van der Waals surface area contributed by atoms with Crippen molar-refractivity contribution in [2.24, 2.45) is 7.05 Å². The predicted molar refractivity (Wildman–Crippen MR) is 75.7 cm³/mol. The molecule has 0 radical (unpaired) electrons. The Kier molecular flexibility index (Phi) is 3.10. The van der Waals surface area contributed by atoms with Gasteiger partial charge in [0.05, 0.1) is 5.69 Å². The van der Waals surface area contributed by atoms with Gasteiger partial charge in [-0.1, -0.05) is 30.3 Å². The van der Waals surface area contributed by atoms with E-state index in [0.717, 1.165) is 17.0 Å². The molecule has 0 unspecified atom stereocenters. The van der Waals surface area contributed by atoms with E-state index in [1.807, 2.05) is 55.8 Å². The van der Waals surface area contributed by atoms with E-state index in [4.69, 9.17) is 9.47 Å². The van der Waals surface area contributed by atoms with Crippen molar-refractivity contribution in [3.05, 3.63) is 63.6 Å². The van der Waals surface area contributed by atoms with E-state index in [9.17, 15) is 4.79 Å². The molecule has 2 aromatic rings. The minimum absolute atomic E-state index is 0.0910. The van der Waals surface area contributed by atoms with Crippen LogP contribution in [0.1, 0.15) is 36.3 Å². The Hall–Kier alpha value is -2.07. The fourth-order valence-electron chi connectivity index (χ4n) is 2.54. The van der Waals surface area contributed by atoms with Crippen LogP contribution >= 0.6 is 0 Å². The van der Waals surface area contributed by atoms with Crippen LogP contribution in [0, 0.1) is 6.92 Å². The molecule has 0 aliphatic carbocycles. The van der Waals surface area contributed by atoms with Gasteiger partial charge in [0.1, 0.15) is 6.10 Å². The predicted octanol–water partition coefficient (Wildman–Crippen LogP) is 2.86. The summed E-state index contributed by atoms with van der Waals surface area (Å²) in [6.07, 6.45) is -0.726. The summed E-state index contributed by atoms with van der Waals surface area (Å²) >= 11 is 0. The van der Waals surface area contributed by atoms with Gasteiger partial charge in [-0.15, -0.1) is 0 Å². The van der Waals surface area contributed by atoms with Gasteiger partial charge in [-0.25, -0.2) is 0 Å². The lowest BCUT2D eigenvalue weighted by atomic mass is 10.1. The first-order chi connectivity index (χ1) is 9.58.